The van der Waals surface area contributed by atoms with Crippen LogP contribution in [0.5, 0.6) is 23.3 Å². The van der Waals surface area contributed by atoms with Crippen molar-refractivity contribution in [2.45, 2.75) is 6.54 Å². The molecule has 138 valence electrons. The van der Waals surface area contributed by atoms with Gasteiger partial charge < -0.3 is 29.4 Å². The smallest absolute Gasteiger partial charge is 0.337 e. The van der Waals surface area contributed by atoms with Crippen LogP contribution in [0.3, 0.4) is 0 Å². The van der Waals surface area contributed by atoms with Crippen LogP contribution in [0.25, 0.3) is 11.2 Å². The molecule has 0 aliphatic carbocycles. The van der Waals surface area contributed by atoms with Crippen molar-refractivity contribution >= 4 is 27.1 Å². The largest absolute Gasteiger partial charge is 0.504 e. The van der Waals surface area contributed by atoms with Crippen molar-refractivity contribution in [1.29, 1.82) is 0 Å². The number of aromatic nitrogens is 4. The molecule has 0 amide bonds. The Hall–Kier alpha value is -3.28. The third-order valence-corrected chi connectivity index (χ3v) is 3.79. The van der Waals surface area contributed by atoms with Gasteiger partial charge in [-0.25, -0.2) is 4.98 Å². The summed E-state index contributed by atoms with van der Waals surface area (Å²) in [5.41, 5.74) is 1.04. The molecular weight excluding hydrogens is 366 g/mol. The number of ether oxygens (including phenoxy) is 1. The average Bonchev–Trinajstić information content (AvgIpc) is 3.01. The number of phenols is 2. The minimum absolute atomic E-state index is 0.0558. The molecule has 2 aromatic heterocycles. The summed E-state index contributed by atoms with van der Waals surface area (Å²) < 4.78 is 32.2. The average molecular weight is 381 g/mol. The molecule has 0 spiro atoms. The van der Waals surface area contributed by atoms with Gasteiger partial charge in [0.15, 0.2) is 23.0 Å². The molecule has 3 aromatic rings. The molecule has 3 rings (SSSR count). The number of rotatable bonds is 6. The monoisotopic (exact) mass is 381 g/mol. The second kappa shape index (κ2) is 6.55. The lowest BCUT2D eigenvalue weighted by molar-refractivity contribution is 0.342. The van der Waals surface area contributed by atoms with Crippen molar-refractivity contribution in [3.05, 3.63) is 24.0 Å². The zero-order valence-corrected chi connectivity index (χ0v) is 14.5. The van der Waals surface area contributed by atoms with E-state index in [9.17, 15) is 18.6 Å². The topological polar surface area (TPSA) is 160 Å². The Balaban J connectivity index is 1.93. The zero-order valence-electron chi connectivity index (χ0n) is 13.7. The van der Waals surface area contributed by atoms with E-state index in [1.165, 1.54) is 25.6 Å². The Morgan fingerprint density at radius 2 is 2.04 bits per heavy atom. The second-order valence-corrected chi connectivity index (χ2v) is 6.80. The zero-order chi connectivity index (χ0) is 18.9. The summed E-state index contributed by atoms with van der Waals surface area (Å²) in [5.74, 6) is -0.268. The summed E-state index contributed by atoms with van der Waals surface area (Å²) in [5, 5.41) is 22.7. The Labute approximate surface area is 147 Å². The molecule has 0 unspecified atom stereocenters. The van der Waals surface area contributed by atoms with Crippen LogP contribution >= 0.6 is 0 Å². The minimum atomic E-state index is -3.81. The molecule has 0 saturated heterocycles. The van der Waals surface area contributed by atoms with Crippen LogP contribution < -0.4 is 14.2 Å². The fraction of sp³-hybridized carbons (Fsp3) is 0.214. The normalized spacial score (nSPS) is 11.5. The van der Waals surface area contributed by atoms with Crippen molar-refractivity contribution in [1.82, 2.24) is 19.9 Å². The Bertz CT molecular complexity index is 1070. The number of benzene rings is 1. The lowest BCUT2D eigenvalue weighted by Gasteiger charge is -2.12. The predicted octanol–water partition coefficient (Wildman–Crippen LogP) is 0.723. The summed E-state index contributed by atoms with van der Waals surface area (Å²) in [6.07, 6.45) is 2.24. The predicted molar refractivity (Wildman–Crippen MR) is 90.8 cm³/mol. The van der Waals surface area contributed by atoms with Gasteiger partial charge in [0.25, 0.3) is 0 Å². The molecular formula is C14H15N5O6S. The first-order valence-corrected chi connectivity index (χ1v) is 9.02. The van der Waals surface area contributed by atoms with Gasteiger partial charge in [0.2, 0.25) is 5.75 Å². The van der Waals surface area contributed by atoms with E-state index < -0.39 is 10.1 Å². The molecule has 0 fully saturated rings. The van der Waals surface area contributed by atoms with Gasteiger partial charge in [-0.2, -0.15) is 18.4 Å². The first-order chi connectivity index (χ1) is 12.3. The van der Waals surface area contributed by atoms with E-state index in [2.05, 4.69) is 25.3 Å². The Morgan fingerprint density at radius 1 is 1.27 bits per heavy atom. The highest BCUT2D eigenvalue weighted by Crippen LogP contribution is 2.38. The van der Waals surface area contributed by atoms with Gasteiger partial charge in [-0.05, 0) is 12.1 Å². The quantitative estimate of drug-likeness (QED) is 0.448. The highest BCUT2D eigenvalue weighted by atomic mass is 32.2. The molecule has 0 atom stereocenters. The third-order valence-electron chi connectivity index (χ3n) is 3.34. The molecule has 0 bridgehead atoms. The number of aromatic amines is 1. The van der Waals surface area contributed by atoms with E-state index in [0.29, 0.717) is 11.1 Å². The molecule has 11 nitrogen and oxygen atoms in total. The first kappa shape index (κ1) is 17.5. The van der Waals surface area contributed by atoms with Crippen LogP contribution in [0.1, 0.15) is 5.56 Å². The van der Waals surface area contributed by atoms with Gasteiger partial charge in [-0.1, -0.05) is 0 Å². The van der Waals surface area contributed by atoms with Crippen LogP contribution in [0.4, 0.5) is 5.82 Å². The van der Waals surface area contributed by atoms with Crippen LogP contribution in [0.15, 0.2) is 18.5 Å². The summed E-state index contributed by atoms with van der Waals surface area (Å²) in [6, 6.07) is 2.49. The molecule has 1 aromatic carbocycles. The van der Waals surface area contributed by atoms with Crippen molar-refractivity contribution in [3.8, 4) is 23.3 Å². The fourth-order valence-corrected chi connectivity index (χ4v) is 2.58. The van der Waals surface area contributed by atoms with Crippen molar-refractivity contribution in [2.24, 2.45) is 0 Å². The second-order valence-electron chi connectivity index (χ2n) is 5.22. The third kappa shape index (κ3) is 3.54. The van der Waals surface area contributed by atoms with E-state index in [1.54, 1.807) is 0 Å². The van der Waals surface area contributed by atoms with E-state index in [4.69, 9.17) is 8.92 Å². The van der Waals surface area contributed by atoms with Gasteiger partial charge in [-0.3, -0.25) is 0 Å². The number of hydrogen-bond donors (Lipinski definition) is 4. The minimum Gasteiger partial charge on any atom is -0.504 e. The molecule has 0 saturated carbocycles. The van der Waals surface area contributed by atoms with Gasteiger partial charge in [-0.15, -0.1) is 0 Å². The number of fused-ring (bicyclic) bond motifs is 1. The number of aromatic hydroxyl groups is 2. The number of methoxy groups -OCH3 is 1. The van der Waals surface area contributed by atoms with Gasteiger partial charge in [0, 0.05) is 12.1 Å². The number of nitrogens with one attached hydrogen (secondary N) is 2. The molecule has 12 heteroatoms. The number of phenolic OH excluding ortho intramolecular Hbond substituents is 2. The summed E-state index contributed by atoms with van der Waals surface area (Å²) in [4.78, 5) is 14.7. The number of H-pyrrole nitrogens is 1. The molecule has 2 heterocycles. The first-order valence-electron chi connectivity index (χ1n) is 7.20. The van der Waals surface area contributed by atoms with E-state index in [-0.39, 0.29) is 41.3 Å². The molecule has 4 N–H and O–H groups in total. The van der Waals surface area contributed by atoms with Crippen LogP contribution in [0.2, 0.25) is 0 Å². The lowest BCUT2D eigenvalue weighted by Crippen LogP contribution is -2.10. The lowest BCUT2D eigenvalue weighted by atomic mass is 10.1. The molecule has 0 radical (unpaired) electrons. The SMILES string of the molecule is COc1c(O)ccc(CNc2nc(OS(C)(=O)=O)nc3nc[nH]c23)c1O. The number of imidazole rings is 1. The highest BCUT2D eigenvalue weighted by Gasteiger charge is 2.16. The maximum Gasteiger partial charge on any atom is 0.337 e. The maximum atomic E-state index is 11.3. The summed E-state index contributed by atoms with van der Waals surface area (Å²) >= 11 is 0. The van der Waals surface area contributed by atoms with Crippen LogP contribution in [-0.2, 0) is 16.7 Å². The number of hydrogen-bond acceptors (Lipinski definition) is 10. The highest BCUT2D eigenvalue weighted by molar-refractivity contribution is 7.86. The maximum absolute atomic E-state index is 11.3. The van der Waals surface area contributed by atoms with E-state index in [1.807, 2.05) is 0 Å². The van der Waals surface area contributed by atoms with Gasteiger partial charge in [0.05, 0.1) is 19.7 Å². The number of anilines is 1. The van der Waals surface area contributed by atoms with Crippen molar-refractivity contribution in [2.75, 3.05) is 18.7 Å². The van der Waals surface area contributed by atoms with Crippen LogP contribution in [-0.4, -0.2) is 51.9 Å². The standard InChI is InChI=1S/C14H15N5O6S/c1-24-11-8(20)4-3-7(10(11)21)5-15-12-9-13(17-6-16-9)19-14(18-12)25-26(2,22)23/h3-4,6,20-21H,5H2,1-2H3,(H2,15,16,17,18,19). The molecule has 26 heavy (non-hydrogen) atoms. The summed E-state index contributed by atoms with van der Waals surface area (Å²) in [7, 11) is -2.49. The Kier molecular flexibility index (Phi) is 4.42. The summed E-state index contributed by atoms with van der Waals surface area (Å²) in [6.45, 7) is 0.0892. The fourth-order valence-electron chi connectivity index (χ4n) is 2.24. The van der Waals surface area contributed by atoms with Crippen molar-refractivity contribution in [3.63, 3.8) is 0 Å². The van der Waals surface area contributed by atoms with Gasteiger partial charge in [0.1, 0.15) is 5.52 Å². The van der Waals surface area contributed by atoms with Crippen LogP contribution in [0, 0.1) is 0 Å². The van der Waals surface area contributed by atoms with E-state index in [0.717, 1.165) is 6.26 Å². The van der Waals surface area contributed by atoms with Gasteiger partial charge >= 0.3 is 16.1 Å². The number of nitrogens with zero attached hydrogens (tertiary/aromatic N) is 3. The van der Waals surface area contributed by atoms with E-state index >= 15 is 0 Å². The van der Waals surface area contributed by atoms with Crippen molar-refractivity contribution < 1.29 is 27.6 Å². The molecule has 0 aliphatic rings. The Morgan fingerprint density at radius 3 is 2.73 bits per heavy atom. The molecule has 0 aliphatic heterocycles.